The second-order valence-electron chi connectivity index (χ2n) is 7.18. The summed E-state index contributed by atoms with van der Waals surface area (Å²) in [5, 5.41) is 0. The smallest absolute Gasteiger partial charge is 0.305 e. The van der Waals surface area contributed by atoms with Crippen LogP contribution in [-0.4, -0.2) is 54.4 Å². The molecule has 0 saturated carbocycles. The molecule has 2 aromatic rings. The van der Waals surface area contributed by atoms with Crippen molar-refractivity contribution in [2.75, 3.05) is 20.8 Å². The molecule has 1 saturated heterocycles. The van der Waals surface area contributed by atoms with Gasteiger partial charge in [-0.1, -0.05) is 42.5 Å². The number of hydrogen-bond donors (Lipinski definition) is 0. The molecule has 0 radical (unpaired) electrons. The van der Waals surface area contributed by atoms with E-state index in [9.17, 15) is 14.4 Å². The van der Waals surface area contributed by atoms with Crippen molar-refractivity contribution in [2.45, 2.75) is 32.0 Å². The lowest BCUT2D eigenvalue weighted by molar-refractivity contribution is -0.158. The molecule has 30 heavy (non-hydrogen) atoms. The maximum Gasteiger partial charge on any atom is 0.305 e. The van der Waals surface area contributed by atoms with Gasteiger partial charge in [-0.3, -0.25) is 14.4 Å². The van der Waals surface area contributed by atoms with Gasteiger partial charge < -0.3 is 19.3 Å². The largest absolute Gasteiger partial charge is 0.497 e. The second-order valence-corrected chi connectivity index (χ2v) is 7.18. The van der Waals surface area contributed by atoms with Gasteiger partial charge in [-0.05, 0) is 29.7 Å². The fourth-order valence-electron chi connectivity index (χ4n) is 3.55. The van der Waals surface area contributed by atoms with Gasteiger partial charge >= 0.3 is 5.97 Å². The quantitative estimate of drug-likeness (QED) is 0.625. The van der Waals surface area contributed by atoms with Crippen molar-refractivity contribution in [3.63, 3.8) is 0 Å². The van der Waals surface area contributed by atoms with Crippen LogP contribution in [0.5, 0.6) is 5.75 Å². The Morgan fingerprint density at radius 3 is 2.27 bits per heavy atom. The van der Waals surface area contributed by atoms with E-state index in [1.54, 1.807) is 16.9 Å². The molecule has 0 N–H and O–H groups in total. The van der Waals surface area contributed by atoms with Crippen LogP contribution in [0.25, 0.3) is 0 Å². The van der Waals surface area contributed by atoms with Crippen LogP contribution in [0.1, 0.15) is 24.0 Å². The highest BCUT2D eigenvalue weighted by Gasteiger charge is 2.39. The van der Waals surface area contributed by atoms with Crippen molar-refractivity contribution >= 4 is 17.8 Å². The zero-order valence-corrected chi connectivity index (χ0v) is 17.2. The van der Waals surface area contributed by atoms with E-state index in [0.29, 0.717) is 13.1 Å². The predicted octanol–water partition coefficient (Wildman–Crippen LogP) is 2.39. The maximum atomic E-state index is 13.3. The number of carbonyl (C=O) groups excluding carboxylic acids is 3. The molecule has 7 nitrogen and oxygen atoms in total. The summed E-state index contributed by atoms with van der Waals surface area (Å²) >= 11 is 0. The molecular weight excluding hydrogens is 384 g/mol. The average molecular weight is 410 g/mol. The van der Waals surface area contributed by atoms with Crippen LogP contribution < -0.4 is 4.74 Å². The van der Waals surface area contributed by atoms with Gasteiger partial charge in [0.2, 0.25) is 11.8 Å². The topological polar surface area (TPSA) is 76.1 Å². The Labute approximate surface area is 176 Å². The van der Waals surface area contributed by atoms with Gasteiger partial charge in [-0.2, -0.15) is 0 Å². The molecule has 0 spiro atoms. The Hall–Kier alpha value is -3.35. The molecule has 3 rings (SSSR count). The van der Waals surface area contributed by atoms with E-state index in [-0.39, 0.29) is 31.2 Å². The number of piperazine rings is 1. The second kappa shape index (κ2) is 9.91. The molecule has 0 bridgehead atoms. The summed E-state index contributed by atoms with van der Waals surface area (Å²) in [5.41, 5.74) is 1.84. The third-order valence-electron chi connectivity index (χ3n) is 5.20. The van der Waals surface area contributed by atoms with Crippen LogP contribution in [0.3, 0.4) is 0 Å². The molecule has 1 aliphatic rings. The number of carbonyl (C=O) groups is 3. The summed E-state index contributed by atoms with van der Waals surface area (Å²) in [5.74, 6) is 0.0269. The van der Waals surface area contributed by atoms with Crippen molar-refractivity contribution in [3.8, 4) is 5.75 Å². The average Bonchev–Trinajstić information content (AvgIpc) is 2.77. The molecule has 1 unspecified atom stereocenters. The zero-order valence-electron chi connectivity index (χ0n) is 17.2. The number of amides is 2. The molecule has 1 atom stereocenters. The standard InChI is InChI=1S/C23H26N2O5/c1-29-19-10-8-18(9-11-19)14-24-16-21(26)25(15-17-6-4-3-5-7-17)20(23(24)28)12-13-22(27)30-2/h3-11,20H,12-16H2,1-2H3. The van der Waals surface area contributed by atoms with Gasteiger partial charge in [0.1, 0.15) is 18.3 Å². The third-order valence-corrected chi connectivity index (χ3v) is 5.20. The van der Waals surface area contributed by atoms with Crippen molar-refractivity contribution in [2.24, 2.45) is 0 Å². The Bertz CT molecular complexity index is 882. The van der Waals surface area contributed by atoms with Crippen LogP contribution in [0.2, 0.25) is 0 Å². The minimum Gasteiger partial charge on any atom is -0.497 e. The van der Waals surface area contributed by atoms with Crippen LogP contribution in [-0.2, 0) is 32.2 Å². The SMILES string of the molecule is COC(=O)CCC1C(=O)N(Cc2ccc(OC)cc2)CC(=O)N1Cc1ccccc1. The predicted molar refractivity (Wildman–Crippen MR) is 110 cm³/mol. The first-order valence-electron chi connectivity index (χ1n) is 9.83. The summed E-state index contributed by atoms with van der Waals surface area (Å²) in [6.07, 6.45) is 0.297. The minimum atomic E-state index is -0.705. The minimum absolute atomic E-state index is 0.00637. The fraction of sp³-hybridized carbons (Fsp3) is 0.348. The van der Waals surface area contributed by atoms with Crippen LogP contribution in [0, 0.1) is 0 Å². The molecule has 158 valence electrons. The lowest BCUT2D eigenvalue weighted by atomic mass is 10.0. The van der Waals surface area contributed by atoms with E-state index in [1.807, 2.05) is 54.6 Å². The number of methoxy groups -OCH3 is 2. The Morgan fingerprint density at radius 2 is 1.63 bits per heavy atom. The van der Waals surface area contributed by atoms with E-state index in [4.69, 9.17) is 9.47 Å². The monoisotopic (exact) mass is 410 g/mol. The molecular formula is C23H26N2O5. The first-order chi connectivity index (χ1) is 14.5. The van der Waals surface area contributed by atoms with Crippen LogP contribution in [0.15, 0.2) is 54.6 Å². The molecule has 1 fully saturated rings. The summed E-state index contributed by atoms with van der Waals surface area (Å²) in [6.45, 7) is 0.655. The lowest BCUT2D eigenvalue weighted by Crippen LogP contribution is -2.59. The van der Waals surface area contributed by atoms with Crippen molar-refractivity contribution in [3.05, 3.63) is 65.7 Å². The highest BCUT2D eigenvalue weighted by molar-refractivity contribution is 5.95. The molecule has 0 aromatic heterocycles. The van der Waals surface area contributed by atoms with Gasteiger partial charge in [0.15, 0.2) is 0 Å². The van der Waals surface area contributed by atoms with Gasteiger partial charge in [0.25, 0.3) is 0 Å². The van der Waals surface area contributed by atoms with E-state index in [0.717, 1.165) is 16.9 Å². The van der Waals surface area contributed by atoms with Crippen LogP contribution in [0.4, 0.5) is 0 Å². The van der Waals surface area contributed by atoms with Gasteiger partial charge in [-0.15, -0.1) is 0 Å². The van der Waals surface area contributed by atoms with Crippen molar-refractivity contribution < 1.29 is 23.9 Å². The molecule has 1 heterocycles. The lowest BCUT2D eigenvalue weighted by Gasteiger charge is -2.40. The third kappa shape index (κ3) is 5.17. The number of hydrogen-bond acceptors (Lipinski definition) is 5. The number of benzene rings is 2. The Morgan fingerprint density at radius 1 is 0.967 bits per heavy atom. The fourth-order valence-corrected chi connectivity index (χ4v) is 3.55. The highest BCUT2D eigenvalue weighted by Crippen LogP contribution is 2.22. The summed E-state index contributed by atoms with van der Waals surface area (Å²) in [6, 6.07) is 16.2. The summed E-state index contributed by atoms with van der Waals surface area (Å²) in [7, 11) is 2.91. The summed E-state index contributed by atoms with van der Waals surface area (Å²) < 4.78 is 9.89. The Kier molecular flexibility index (Phi) is 7.06. The van der Waals surface area contributed by atoms with Crippen LogP contribution >= 0.6 is 0 Å². The van der Waals surface area contributed by atoms with Crippen molar-refractivity contribution in [1.82, 2.24) is 9.80 Å². The van der Waals surface area contributed by atoms with Crippen molar-refractivity contribution in [1.29, 1.82) is 0 Å². The van der Waals surface area contributed by atoms with E-state index in [1.165, 1.54) is 7.11 Å². The molecule has 2 aromatic carbocycles. The Balaban J connectivity index is 1.78. The molecule has 1 aliphatic heterocycles. The van der Waals surface area contributed by atoms with Gasteiger partial charge in [-0.25, -0.2) is 0 Å². The normalized spacial score (nSPS) is 16.5. The molecule has 7 heteroatoms. The highest BCUT2D eigenvalue weighted by atomic mass is 16.5. The molecule has 2 amide bonds. The van der Waals surface area contributed by atoms with E-state index >= 15 is 0 Å². The number of rotatable bonds is 8. The first kappa shape index (κ1) is 21.4. The van der Waals surface area contributed by atoms with E-state index < -0.39 is 12.0 Å². The van der Waals surface area contributed by atoms with Gasteiger partial charge in [0, 0.05) is 19.5 Å². The maximum absolute atomic E-state index is 13.3. The number of esters is 1. The first-order valence-corrected chi connectivity index (χ1v) is 9.83. The van der Waals surface area contributed by atoms with Gasteiger partial charge in [0.05, 0.1) is 14.2 Å². The zero-order chi connectivity index (χ0) is 21.5. The number of nitrogens with zero attached hydrogens (tertiary/aromatic N) is 2. The molecule has 0 aliphatic carbocycles. The van der Waals surface area contributed by atoms with E-state index in [2.05, 4.69) is 0 Å². The number of ether oxygens (including phenoxy) is 2. The summed E-state index contributed by atoms with van der Waals surface area (Å²) in [4.78, 5) is 41.0.